The average Bonchev–Trinajstić information content (AvgIpc) is 2.43. The minimum atomic E-state index is -1.89. The average molecular weight is 307 g/mol. The molecule has 0 saturated carbocycles. The molecule has 0 aliphatic rings. The second-order valence-electron chi connectivity index (χ2n) is 5.29. The van der Waals surface area contributed by atoms with Gasteiger partial charge in [-0.05, 0) is 12.8 Å². The molecule has 0 heterocycles. The number of rotatable bonds is 16. The van der Waals surface area contributed by atoms with Crippen molar-refractivity contribution in [2.24, 2.45) is 0 Å². The Kier molecular flexibility index (Phi) is 17.1. The Morgan fingerprint density at radius 2 is 1.35 bits per heavy atom. The van der Waals surface area contributed by atoms with Gasteiger partial charge in [-0.25, -0.2) is 8.93 Å². The molecule has 20 heavy (non-hydrogen) atoms. The van der Waals surface area contributed by atoms with Crippen LogP contribution in [0.2, 0.25) is 0 Å². The highest BCUT2D eigenvalue weighted by molar-refractivity contribution is 7.77. The minimum absolute atomic E-state index is 0.529. The van der Waals surface area contributed by atoms with Gasteiger partial charge < -0.3 is 4.74 Å². The number of hydrogen-bond donors (Lipinski definition) is 2. The third kappa shape index (κ3) is 18.0. The van der Waals surface area contributed by atoms with Crippen molar-refractivity contribution in [1.29, 1.82) is 0 Å². The third-order valence-corrected chi connectivity index (χ3v) is 3.78. The lowest BCUT2D eigenvalue weighted by Crippen LogP contribution is -2.18. The van der Waals surface area contributed by atoms with Gasteiger partial charge >= 0.3 is 0 Å². The smallest absolute Gasteiger partial charge is 0.231 e. The second kappa shape index (κ2) is 17.1. The van der Waals surface area contributed by atoms with Gasteiger partial charge in [0, 0.05) is 19.8 Å². The molecule has 0 fully saturated rings. The summed E-state index contributed by atoms with van der Waals surface area (Å²) in [6.07, 6.45) is 14.2. The molecule has 4 nitrogen and oxygen atoms in total. The molecule has 0 aromatic heterocycles. The van der Waals surface area contributed by atoms with Crippen LogP contribution in [0.25, 0.3) is 0 Å². The molecule has 0 radical (unpaired) electrons. The van der Waals surface area contributed by atoms with Crippen molar-refractivity contribution in [3.8, 4) is 0 Å². The van der Waals surface area contributed by atoms with Crippen LogP contribution in [0.1, 0.15) is 77.6 Å². The highest BCUT2D eigenvalue weighted by Gasteiger charge is 1.94. The van der Waals surface area contributed by atoms with Gasteiger partial charge in [-0.15, -0.1) is 0 Å². The van der Waals surface area contributed by atoms with E-state index in [1.54, 1.807) is 0 Å². The molecule has 1 atom stereocenters. The lowest BCUT2D eigenvalue weighted by molar-refractivity contribution is 0.128. The Morgan fingerprint density at radius 1 is 0.850 bits per heavy atom. The molecule has 122 valence electrons. The predicted molar refractivity (Wildman–Crippen MR) is 86.1 cm³/mol. The lowest BCUT2D eigenvalue weighted by atomic mass is 10.1. The molecule has 5 heteroatoms. The van der Waals surface area contributed by atoms with Crippen LogP contribution in [0.15, 0.2) is 0 Å². The van der Waals surface area contributed by atoms with Crippen LogP contribution in [0.4, 0.5) is 0 Å². The van der Waals surface area contributed by atoms with Crippen LogP contribution in [-0.2, 0) is 16.0 Å². The summed E-state index contributed by atoms with van der Waals surface area (Å²) in [4.78, 5) is 0. The minimum Gasteiger partial charge on any atom is -0.381 e. The summed E-state index contributed by atoms with van der Waals surface area (Å²) in [5.74, 6) is 0. The van der Waals surface area contributed by atoms with E-state index in [9.17, 15) is 4.21 Å². The maximum absolute atomic E-state index is 10.3. The molecule has 0 aromatic rings. The standard InChI is InChI=1S/C15H33NO3S/c1-2-3-4-5-6-7-8-9-10-11-14-19-15-12-13-16-20(17)18/h16H,2-15H2,1H3,(H,17,18). The molecule has 0 bridgehead atoms. The van der Waals surface area contributed by atoms with Crippen molar-refractivity contribution in [2.75, 3.05) is 19.8 Å². The first-order valence-electron chi connectivity index (χ1n) is 8.19. The monoisotopic (exact) mass is 307 g/mol. The zero-order chi connectivity index (χ0) is 14.9. The summed E-state index contributed by atoms with van der Waals surface area (Å²) in [5.41, 5.74) is 0. The molecule has 0 saturated heterocycles. The SMILES string of the molecule is CCCCCCCCCCCCOCCCNS(=O)O. The molecule has 0 rings (SSSR count). The molecule has 1 unspecified atom stereocenters. The van der Waals surface area contributed by atoms with Gasteiger partial charge in [0.15, 0.2) is 0 Å². The van der Waals surface area contributed by atoms with E-state index in [-0.39, 0.29) is 0 Å². The molecule has 0 aliphatic heterocycles. The maximum Gasteiger partial charge on any atom is 0.231 e. The van der Waals surface area contributed by atoms with Crippen molar-refractivity contribution >= 4 is 11.3 Å². The third-order valence-electron chi connectivity index (χ3n) is 3.33. The lowest BCUT2D eigenvalue weighted by Gasteiger charge is -2.04. The Balaban J connectivity index is 2.94. The van der Waals surface area contributed by atoms with Crippen molar-refractivity contribution in [1.82, 2.24) is 4.72 Å². The van der Waals surface area contributed by atoms with E-state index in [0.29, 0.717) is 13.2 Å². The Morgan fingerprint density at radius 3 is 1.90 bits per heavy atom. The van der Waals surface area contributed by atoms with Crippen molar-refractivity contribution in [2.45, 2.75) is 77.6 Å². The summed E-state index contributed by atoms with van der Waals surface area (Å²) in [5, 5.41) is 0. The van der Waals surface area contributed by atoms with Crippen LogP contribution >= 0.6 is 0 Å². The summed E-state index contributed by atoms with van der Waals surface area (Å²) in [6, 6.07) is 0. The van der Waals surface area contributed by atoms with E-state index in [0.717, 1.165) is 19.4 Å². The highest BCUT2D eigenvalue weighted by Crippen LogP contribution is 2.10. The zero-order valence-electron chi connectivity index (χ0n) is 13.1. The van der Waals surface area contributed by atoms with Crippen LogP contribution < -0.4 is 4.72 Å². The topological polar surface area (TPSA) is 58.6 Å². The fourth-order valence-corrected chi connectivity index (χ4v) is 2.45. The van der Waals surface area contributed by atoms with Gasteiger partial charge in [0.2, 0.25) is 11.3 Å². The quantitative estimate of drug-likeness (QED) is 0.334. The zero-order valence-corrected chi connectivity index (χ0v) is 13.9. The Hall–Kier alpha value is 0.0300. The van der Waals surface area contributed by atoms with Crippen molar-refractivity contribution < 1.29 is 13.5 Å². The van der Waals surface area contributed by atoms with Gasteiger partial charge in [-0.2, -0.15) is 0 Å². The van der Waals surface area contributed by atoms with E-state index in [4.69, 9.17) is 9.29 Å². The Bertz CT molecular complexity index is 215. The molecule has 2 N–H and O–H groups in total. The number of hydrogen-bond acceptors (Lipinski definition) is 2. The first-order valence-corrected chi connectivity index (χ1v) is 9.30. The molecule has 0 aliphatic carbocycles. The molecule has 0 amide bonds. The largest absolute Gasteiger partial charge is 0.381 e. The number of nitrogens with one attached hydrogen (secondary N) is 1. The summed E-state index contributed by atoms with van der Waals surface area (Å²) < 4.78 is 26.7. The van der Waals surface area contributed by atoms with E-state index in [1.807, 2.05) is 0 Å². The summed E-state index contributed by atoms with van der Waals surface area (Å²) in [6.45, 7) is 4.27. The van der Waals surface area contributed by atoms with Gasteiger partial charge in [0.1, 0.15) is 0 Å². The molecule has 0 spiro atoms. The first kappa shape index (κ1) is 20.0. The van der Waals surface area contributed by atoms with Crippen LogP contribution in [0, 0.1) is 0 Å². The number of unbranched alkanes of at least 4 members (excludes halogenated alkanes) is 9. The molecular weight excluding hydrogens is 274 g/mol. The van der Waals surface area contributed by atoms with E-state index in [1.165, 1.54) is 57.8 Å². The predicted octanol–water partition coefficient (Wildman–Crippen LogP) is 4.04. The van der Waals surface area contributed by atoms with Crippen LogP contribution in [0.5, 0.6) is 0 Å². The van der Waals surface area contributed by atoms with E-state index in [2.05, 4.69) is 11.6 Å². The van der Waals surface area contributed by atoms with Gasteiger partial charge in [0.25, 0.3) is 0 Å². The maximum atomic E-state index is 10.3. The van der Waals surface area contributed by atoms with E-state index < -0.39 is 11.3 Å². The van der Waals surface area contributed by atoms with Gasteiger partial charge in [0.05, 0.1) is 0 Å². The number of ether oxygens (including phenoxy) is 1. The first-order chi connectivity index (χ1) is 9.77. The fraction of sp³-hybridized carbons (Fsp3) is 1.00. The fourth-order valence-electron chi connectivity index (χ4n) is 2.13. The van der Waals surface area contributed by atoms with Crippen molar-refractivity contribution in [3.63, 3.8) is 0 Å². The highest BCUT2D eigenvalue weighted by atomic mass is 32.2. The van der Waals surface area contributed by atoms with Gasteiger partial charge in [-0.3, -0.25) is 4.55 Å². The summed E-state index contributed by atoms with van der Waals surface area (Å²) in [7, 11) is 0. The van der Waals surface area contributed by atoms with Crippen LogP contribution in [-0.4, -0.2) is 28.5 Å². The molecule has 0 aromatic carbocycles. The van der Waals surface area contributed by atoms with Crippen molar-refractivity contribution in [3.05, 3.63) is 0 Å². The normalized spacial score (nSPS) is 12.7. The molecular formula is C15H33NO3S. The van der Waals surface area contributed by atoms with Crippen LogP contribution in [0.3, 0.4) is 0 Å². The second-order valence-corrected chi connectivity index (χ2v) is 6.08. The van der Waals surface area contributed by atoms with Gasteiger partial charge in [-0.1, -0.05) is 64.7 Å². The Labute approximate surface area is 127 Å². The van der Waals surface area contributed by atoms with E-state index >= 15 is 0 Å². The summed E-state index contributed by atoms with van der Waals surface area (Å²) >= 11 is -1.89.